The highest BCUT2D eigenvalue weighted by atomic mass is 19.4. The molecule has 0 saturated heterocycles. The van der Waals surface area contributed by atoms with Crippen LogP contribution in [0.4, 0.5) is 24.5 Å². The predicted molar refractivity (Wildman–Crippen MR) is 98.4 cm³/mol. The Bertz CT molecular complexity index is 974. The van der Waals surface area contributed by atoms with Crippen LogP contribution in [0.1, 0.15) is 29.3 Å². The molecule has 2 rings (SSSR count). The fraction of sp³-hybridized carbons (Fsp3) is 0.167. The zero-order chi connectivity index (χ0) is 21.6. The van der Waals surface area contributed by atoms with Crippen molar-refractivity contribution < 1.29 is 27.7 Å². The molecule has 0 spiro atoms. The Morgan fingerprint density at radius 3 is 2.48 bits per heavy atom. The number of alkyl halides is 3. The maximum absolute atomic E-state index is 12.7. The van der Waals surface area contributed by atoms with Crippen LogP contribution in [0, 0.1) is 10.1 Å². The second kappa shape index (κ2) is 8.95. The molecular formula is C18H15F3N4O4. The van der Waals surface area contributed by atoms with E-state index in [9.17, 15) is 32.9 Å². The Kier molecular flexibility index (Phi) is 6.65. The van der Waals surface area contributed by atoms with E-state index >= 15 is 0 Å². The van der Waals surface area contributed by atoms with Gasteiger partial charge in [0.15, 0.2) is 0 Å². The molecule has 0 heterocycles. The molecule has 0 fully saturated rings. The summed E-state index contributed by atoms with van der Waals surface area (Å²) in [6, 6.07) is 9.39. The minimum atomic E-state index is -4.54. The largest absolute Gasteiger partial charge is 0.416 e. The lowest BCUT2D eigenvalue weighted by Gasteiger charge is -2.10. The summed E-state index contributed by atoms with van der Waals surface area (Å²) in [5.74, 6) is -1.49. The molecule has 0 bridgehead atoms. The number of hydrogen-bond donors (Lipinski definition) is 2. The Morgan fingerprint density at radius 2 is 1.83 bits per heavy atom. The van der Waals surface area contributed by atoms with E-state index in [1.807, 2.05) is 0 Å². The summed E-state index contributed by atoms with van der Waals surface area (Å²) in [6.45, 7) is 1.41. The highest BCUT2D eigenvalue weighted by molar-refractivity contribution is 6.06. The van der Waals surface area contributed by atoms with Crippen molar-refractivity contribution in [2.24, 2.45) is 5.10 Å². The lowest BCUT2D eigenvalue weighted by molar-refractivity contribution is -0.385. The summed E-state index contributed by atoms with van der Waals surface area (Å²) in [6.07, 6.45) is -4.85. The van der Waals surface area contributed by atoms with Crippen LogP contribution >= 0.6 is 0 Å². The summed E-state index contributed by atoms with van der Waals surface area (Å²) >= 11 is 0. The number of nitro benzene ring substituents is 1. The van der Waals surface area contributed by atoms with Gasteiger partial charge >= 0.3 is 6.18 Å². The van der Waals surface area contributed by atoms with Gasteiger partial charge in [0.1, 0.15) is 5.56 Å². The maximum atomic E-state index is 12.7. The topological polar surface area (TPSA) is 114 Å². The van der Waals surface area contributed by atoms with Gasteiger partial charge in [-0.25, -0.2) is 5.43 Å². The number of carbonyl (C=O) groups is 2. The molecule has 0 radical (unpaired) electrons. The van der Waals surface area contributed by atoms with E-state index in [0.29, 0.717) is 0 Å². The number of halogens is 3. The van der Waals surface area contributed by atoms with E-state index in [4.69, 9.17) is 0 Å². The number of amides is 2. The Morgan fingerprint density at radius 1 is 1.14 bits per heavy atom. The molecule has 11 heteroatoms. The number of para-hydroxylation sites is 1. The van der Waals surface area contributed by atoms with Crippen LogP contribution in [0.2, 0.25) is 0 Å². The van der Waals surface area contributed by atoms with Gasteiger partial charge in [0.2, 0.25) is 5.91 Å². The van der Waals surface area contributed by atoms with Gasteiger partial charge in [-0.05, 0) is 31.2 Å². The third kappa shape index (κ3) is 6.13. The van der Waals surface area contributed by atoms with Gasteiger partial charge in [0, 0.05) is 17.5 Å². The summed E-state index contributed by atoms with van der Waals surface area (Å²) in [5, 5.41) is 16.9. The number of nitrogens with one attached hydrogen (secondary N) is 2. The first-order valence-electron chi connectivity index (χ1n) is 8.12. The molecule has 0 unspecified atom stereocenters. The minimum absolute atomic E-state index is 0.0402. The highest BCUT2D eigenvalue weighted by Crippen LogP contribution is 2.30. The second-order valence-electron chi connectivity index (χ2n) is 5.87. The van der Waals surface area contributed by atoms with Crippen molar-refractivity contribution in [1.82, 2.24) is 5.43 Å². The van der Waals surface area contributed by atoms with E-state index in [2.05, 4.69) is 15.8 Å². The summed E-state index contributed by atoms with van der Waals surface area (Å²) in [5.41, 5.74) is 0.694. The average Bonchev–Trinajstić information content (AvgIpc) is 2.65. The Labute approximate surface area is 162 Å². The number of carbonyl (C=O) groups excluding carboxylic acids is 2. The highest BCUT2D eigenvalue weighted by Gasteiger charge is 2.30. The lowest BCUT2D eigenvalue weighted by Crippen LogP contribution is -2.22. The molecule has 152 valence electrons. The first-order valence-corrected chi connectivity index (χ1v) is 8.12. The van der Waals surface area contributed by atoms with Crippen molar-refractivity contribution in [3.05, 3.63) is 69.8 Å². The number of hydrogen-bond acceptors (Lipinski definition) is 5. The molecule has 0 atom stereocenters. The molecule has 0 saturated carbocycles. The van der Waals surface area contributed by atoms with Gasteiger partial charge in [-0.3, -0.25) is 19.7 Å². The fourth-order valence-corrected chi connectivity index (χ4v) is 2.28. The smallest absolute Gasteiger partial charge is 0.326 e. The summed E-state index contributed by atoms with van der Waals surface area (Å²) in [7, 11) is 0. The molecular weight excluding hydrogens is 393 g/mol. The van der Waals surface area contributed by atoms with Gasteiger partial charge in [-0.2, -0.15) is 18.3 Å². The number of benzene rings is 2. The lowest BCUT2D eigenvalue weighted by atomic mass is 10.2. The Hall–Kier alpha value is -3.76. The number of anilines is 1. The van der Waals surface area contributed by atoms with Crippen molar-refractivity contribution >= 4 is 28.9 Å². The molecule has 2 aromatic rings. The molecule has 0 aliphatic rings. The van der Waals surface area contributed by atoms with Crippen molar-refractivity contribution in [1.29, 1.82) is 0 Å². The summed E-state index contributed by atoms with van der Waals surface area (Å²) in [4.78, 5) is 34.2. The SMILES string of the molecule is C/C(CC(=O)Nc1cccc(C(F)(F)F)c1)=N\NC(=O)c1ccccc1[N+](=O)[O-]. The summed E-state index contributed by atoms with van der Waals surface area (Å²) < 4.78 is 38.1. The van der Waals surface area contributed by atoms with Crippen LogP contribution in [0.15, 0.2) is 53.6 Å². The van der Waals surface area contributed by atoms with Crippen molar-refractivity contribution in [3.63, 3.8) is 0 Å². The number of nitro groups is 1. The molecule has 0 aromatic heterocycles. The van der Waals surface area contributed by atoms with Crippen LogP contribution in [0.5, 0.6) is 0 Å². The van der Waals surface area contributed by atoms with Crippen molar-refractivity contribution in [2.45, 2.75) is 19.5 Å². The van der Waals surface area contributed by atoms with E-state index < -0.39 is 34.2 Å². The molecule has 0 aliphatic carbocycles. The van der Waals surface area contributed by atoms with Gasteiger partial charge in [0.05, 0.1) is 16.9 Å². The Balaban J connectivity index is 1.99. The number of hydrazone groups is 1. The third-order valence-corrected chi connectivity index (χ3v) is 3.58. The molecule has 2 amide bonds. The molecule has 8 nitrogen and oxygen atoms in total. The van der Waals surface area contributed by atoms with Crippen molar-refractivity contribution in [2.75, 3.05) is 5.32 Å². The number of nitrogens with zero attached hydrogens (tertiary/aromatic N) is 2. The second-order valence-corrected chi connectivity index (χ2v) is 5.87. The van der Waals surface area contributed by atoms with Crippen LogP contribution in [0.25, 0.3) is 0 Å². The first kappa shape index (κ1) is 21.5. The van der Waals surface area contributed by atoms with E-state index in [1.165, 1.54) is 31.2 Å². The average molecular weight is 408 g/mol. The number of rotatable bonds is 6. The van der Waals surface area contributed by atoms with Gasteiger partial charge in [0.25, 0.3) is 11.6 Å². The standard InChI is InChI=1S/C18H15F3N4O4/c1-11(23-24-17(27)14-7-2-3-8-15(14)25(28)29)9-16(26)22-13-6-4-5-12(10-13)18(19,20)21/h2-8,10H,9H2,1H3,(H,22,26)(H,24,27)/b23-11+. The fourth-order valence-electron chi connectivity index (χ4n) is 2.28. The van der Waals surface area contributed by atoms with E-state index in [0.717, 1.165) is 24.3 Å². The minimum Gasteiger partial charge on any atom is -0.326 e. The van der Waals surface area contributed by atoms with Gasteiger partial charge < -0.3 is 5.32 Å². The van der Waals surface area contributed by atoms with E-state index in [-0.39, 0.29) is 23.4 Å². The quantitative estimate of drug-likeness (QED) is 0.430. The third-order valence-electron chi connectivity index (χ3n) is 3.58. The van der Waals surface area contributed by atoms with Crippen LogP contribution < -0.4 is 10.7 Å². The normalized spacial score (nSPS) is 11.7. The van der Waals surface area contributed by atoms with Crippen LogP contribution in [-0.4, -0.2) is 22.4 Å². The van der Waals surface area contributed by atoms with Gasteiger partial charge in [-0.15, -0.1) is 0 Å². The van der Waals surface area contributed by atoms with Crippen LogP contribution in [-0.2, 0) is 11.0 Å². The van der Waals surface area contributed by atoms with Crippen LogP contribution in [0.3, 0.4) is 0 Å². The molecule has 29 heavy (non-hydrogen) atoms. The molecule has 0 aliphatic heterocycles. The predicted octanol–water partition coefficient (Wildman–Crippen LogP) is 3.75. The zero-order valence-electron chi connectivity index (χ0n) is 15.0. The van der Waals surface area contributed by atoms with Gasteiger partial charge in [-0.1, -0.05) is 18.2 Å². The van der Waals surface area contributed by atoms with Crippen molar-refractivity contribution in [3.8, 4) is 0 Å². The maximum Gasteiger partial charge on any atom is 0.416 e. The first-order chi connectivity index (χ1) is 13.6. The molecule has 2 aromatic carbocycles. The van der Waals surface area contributed by atoms with E-state index in [1.54, 1.807) is 0 Å². The monoisotopic (exact) mass is 408 g/mol. The zero-order valence-corrected chi connectivity index (χ0v) is 15.0. The molecule has 2 N–H and O–H groups in total.